The summed E-state index contributed by atoms with van der Waals surface area (Å²) in [5.41, 5.74) is 0.118. The van der Waals surface area contributed by atoms with Crippen LogP contribution in [-0.4, -0.2) is 24.4 Å². The van der Waals surface area contributed by atoms with Crippen LogP contribution in [0.2, 0.25) is 0 Å². The number of hydrogen-bond donors (Lipinski definition) is 1. The lowest BCUT2D eigenvalue weighted by molar-refractivity contribution is -0.113. The Hall–Kier alpha value is -1.66. The lowest BCUT2D eigenvalue weighted by Gasteiger charge is -2.06. The van der Waals surface area contributed by atoms with Gasteiger partial charge in [0.05, 0.1) is 17.7 Å². The molecule has 0 saturated heterocycles. The molecule has 106 valence electrons. The first-order chi connectivity index (χ1) is 9.58. The molecule has 0 aliphatic rings. The second kappa shape index (κ2) is 6.19. The van der Waals surface area contributed by atoms with Crippen LogP contribution in [-0.2, 0) is 9.53 Å². The van der Waals surface area contributed by atoms with Gasteiger partial charge in [-0.15, -0.1) is 22.9 Å². The number of alkyl halides is 1. The van der Waals surface area contributed by atoms with E-state index in [2.05, 4.69) is 5.32 Å². The van der Waals surface area contributed by atoms with Crippen molar-refractivity contribution < 1.29 is 18.7 Å². The molecular weight excluding hydrogens is 305 g/mol. The monoisotopic (exact) mass is 315 g/mol. The van der Waals surface area contributed by atoms with Crippen LogP contribution in [0.5, 0.6) is 0 Å². The molecule has 0 aliphatic carbocycles. The number of esters is 1. The molecule has 1 amide bonds. The van der Waals surface area contributed by atoms with E-state index in [-0.39, 0.29) is 28.4 Å². The molecule has 0 fully saturated rings. The first kappa shape index (κ1) is 14.7. The zero-order valence-electron chi connectivity index (χ0n) is 10.5. The van der Waals surface area contributed by atoms with Gasteiger partial charge in [0.15, 0.2) is 0 Å². The van der Waals surface area contributed by atoms with E-state index in [1.807, 2.05) is 0 Å². The fraction of sp³-hybridized carbons (Fsp3) is 0.231. The van der Waals surface area contributed by atoms with Crippen molar-refractivity contribution in [1.82, 2.24) is 0 Å². The molecule has 2 aromatic rings. The molecule has 1 aromatic carbocycles. The second-order valence-electron chi connectivity index (χ2n) is 3.82. The lowest BCUT2D eigenvalue weighted by Crippen LogP contribution is -2.15. The van der Waals surface area contributed by atoms with Crippen molar-refractivity contribution in [2.24, 2.45) is 0 Å². The number of benzene rings is 1. The van der Waals surface area contributed by atoms with E-state index in [0.29, 0.717) is 4.70 Å². The van der Waals surface area contributed by atoms with E-state index < -0.39 is 17.7 Å². The molecule has 1 N–H and O–H groups in total. The summed E-state index contributed by atoms with van der Waals surface area (Å²) in [5, 5.41) is 2.66. The summed E-state index contributed by atoms with van der Waals surface area (Å²) in [6.45, 7) is 1.86. The van der Waals surface area contributed by atoms with Crippen LogP contribution in [0.1, 0.15) is 16.6 Å². The molecule has 0 radical (unpaired) electrons. The first-order valence-corrected chi connectivity index (χ1v) is 7.17. The van der Waals surface area contributed by atoms with Crippen molar-refractivity contribution in [3.8, 4) is 0 Å². The second-order valence-corrected chi connectivity index (χ2v) is 5.14. The average molecular weight is 316 g/mol. The van der Waals surface area contributed by atoms with Crippen molar-refractivity contribution in [1.29, 1.82) is 0 Å². The predicted molar refractivity (Wildman–Crippen MR) is 77.1 cm³/mol. The normalized spacial score (nSPS) is 10.6. The number of nitrogens with one attached hydrogen (secondary N) is 1. The number of carbonyl (C=O) groups excluding carboxylic acids is 2. The number of carbonyl (C=O) groups is 2. The molecule has 2 rings (SSSR count). The van der Waals surface area contributed by atoms with Crippen LogP contribution >= 0.6 is 22.9 Å². The minimum Gasteiger partial charge on any atom is -0.462 e. The van der Waals surface area contributed by atoms with E-state index in [1.165, 1.54) is 12.1 Å². The quantitative estimate of drug-likeness (QED) is 0.695. The van der Waals surface area contributed by atoms with E-state index in [4.69, 9.17) is 16.3 Å². The number of halogens is 2. The van der Waals surface area contributed by atoms with E-state index in [0.717, 1.165) is 11.3 Å². The Morgan fingerprint density at radius 3 is 2.85 bits per heavy atom. The topological polar surface area (TPSA) is 55.4 Å². The van der Waals surface area contributed by atoms with Crippen LogP contribution in [0, 0.1) is 5.82 Å². The first-order valence-electron chi connectivity index (χ1n) is 5.82. The highest BCUT2D eigenvalue weighted by atomic mass is 35.5. The number of anilines is 1. The van der Waals surface area contributed by atoms with Crippen molar-refractivity contribution in [3.05, 3.63) is 28.9 Å². The molecule has 0 saturated carbocycles. The molecule has 0 atom stereocenters. The highest BCUT2D eigenvalue weighted by Gasteiger charge is 2.22. The van der Waals surface area contributed by atoms with Crippen LogP contribution in [0.3, 0.4) is 0 Å². The summed E-state index contributed by atoms with van der Waals surface area (Å²) < 4.78 is 19.4. The molecule has 7 heteroatoms. The maximum atomic E-state index is 13.9. The molecule has 20 heavy (non-hydrogen) atoms. The Morgan fingerprint density at radius 2 is 2.20 bits per heavy atom. The molecule has 1 aromatic heterocycles. The van der Waals surface area contributed by atoms with Gasteiger partial charge in [-0.05, 0) is 19.1 Å². The smallest absolute Gasteiger partial charge is 0.350 e. The van der Waals surface area contributed by atoms with E-state index in [1.54, 1.807) is 13.0 Å². The van der Waals surface area contributed by atoms with Gasteiger partial charge < -0.3 is 10.1 Å². The van der Waals surface area contributed by atoms with Gasteiger partial charge >= 0.3 is 5.97 Å². The van der Waals surface area contributed by atoms with Crippen LogP contribution in [0.25, 0.3) is 10.1 Å². The Kier molecular flexibility index (Phi) is 4.57. The zero-order valence-corrected chi connectivity index (χ0v) is 12.1. The molecule has 4 nitrogen and oxygen atoms in total. The summed E-state index contributed by atoms with van der Waals surface area (Å²) in [4.78, 5) is 23.5. The molecule has 0 bridgehead atoms. The van der Waals surface area contributed by atoms with Gasteiger partial charge in [0.25, 0.3) is 0 Å². The Balaban J connectivity index is 2.60. The molecule has 0 spiro atoms. The number of amides is 1. The standard InChI is InChI=1S/C13H11ClFNO3S/c1-2-19-13(18)12-11(16-9(17)6-14)10-7(15)4-3-5-8(10)20-12/h3-5H,2,6H2,1H3,(H,16,17). The molecular formula is C13H11ClFNO3S. The van der Waals surface area contributed by atoms with Gasteiger partial charge in [0, 0.05) is 4.70 Å². The summed E-state index contributed by atoms with van der Waals surface area (Å²) in [6.07, 6.45) is 0. The van der Waals surface area contributed by atoms with Crippen molar-refractivity contribution in [2.45, 2.75) is 6.92 Å². The number of rotatable bonds is 4. The average Bonchev–Trinajstić information content (AvgIpc) is 2.79. The van der Waals surface area contributed by atoms with Gasteiger partial charge in [-0.1, -0.05) is 6.07 Å². The Morgan fingerprint density at radius 1 is 1.45 bits per heavy atom. The van der Waals surface area contributed by atoms with Gasteiger partial charge in [-0.25, -0.2) is 9.18 Å². The van der Waals surface area contributed by atoms with Gasteiger partial charge in [-0.3, -0.25) is 4.79 Å². The van der Waals surface area contributed by atoms with E-state index >= 15 is 0 Å². The maximum Gasteiger partial charge on any atom is 0.350 e. The fourth-order valence-electron chi connectivity index (χ4n) is 1.74. The van der Waals surface area contributed by atoms with Crippen molar-refractivity contribution in [3.63, 3.8) is 0 Å². The summed E-state index contributed by atoms with van der Waals surface area (Å²) in [7, 11) is 0. The summed E-state index contributed by atoms with van der Waals surface area (Å²) in [6, 6.07) is 4.47. The number of thiophene rings is 1. The Labute approximate surface area is 123 Å². The van der Waals surface area contributed by atoms with Gasteiger partial charge in [0.2, 0.25) is 5.91 Å². The number of ether oxygens (including phenoxy) is 1. The van der Waals surface area contributed by atoms with Crippen LogP contribution in [0.4, 0.5) is 10.1 Å². The molecule has 1 heterocycles. The van der Waals surface area contributed by atoms with Crippen molar-refractivity contribution >= 4 is 50.6 Å². The molecule has 0 unspecified atom stereocenters. The zero-order chi connectivity index (χ0) is 14.7. The summed E-state index contributed by atoms with van der Waals surface area (Å²) in [5.74, 6) is -1.91. The predicted octanol–water partition coefficient (Wildman–Crippen LogP) is 3.39. The van der Waals surface area contributed by atoms with E-state index in [9.17, 15) is 14.0 Å². The SMILES string of the molecule is CCOC(=O)c1sc2cccc(F)c2c1NC(=O)CCl. The highest BCUT2D eigenvalue weighted by molar-refractivity contribution is 7.21. The number of fused-ring (bicyclic) bond motifs is 1. The maximum absolute atomic E-state index is 13.9. The minimum atomic E-state index is -0.599. The fourth-order valence-corrected chi connectivity index (χ4v) is 2.87. The number of hydrogen-bond acceptors (Lipinski definition) is 4. The van der Waals surface area contributed by atoms with Gasteiger partial charge in [-0.2, -0.15) is 0 Å². The molecule has 0 aliphatic heterocycles. The highest BCUT2D eigenvalue weighted by Crippen LogP contribution is 2.37. The summed E-state index contributed by atoms with van der Waals surface area (Å²) >= 11 is 6.50. The third-order valence-electron chi connectivity index (χ3n) is 2.51. The minimum absolute atomic E-state index is 0.118. The lowest BCUT2D eigenvalue weighted by atomic mass is 10.2. The Bertz CT molecular complexity index is 671. The largest absolute Gasteiger partial charge is 0.462 e. The van der Waals surface area contributed by atoms with Crippen molar-refractivity contribution in [2.75, 3.05) is 17.8 Å². The van der Waals surface area contributed by atoms with Gasteiger partial charge in [0.1, 0.15) is 16.6 Å². The third kappa shape index (κ3) is 2.76. The van der Waals surface area contributed by atoms with Crippen LogP contribution < -0.4 is 5.32 Å². The third-order valence-corrected chi connectivity index (χ3v) is 3.89. The van der Waals surface area contributed by atoms with Crippen LogP contribution in [0.15, 0.2) is 18.2 Å².